The maximum atomic E-state index is 5.57. The van der Waals surface area contributed by atoms with Crippen LogP contribution in [0.15, 0.2) is 5.10 Å². The van der Waals surface area contributed by atoms with Gasteiger partial charge in [0.15, 0.2) is 5.84 Å². The van der Waals surface area contributed by atoms with E-state index in [-0.39, 0.29) is 24.0 Å². The summed E-state index contributed by atoms with van der Waals surface area (Å²) in [6.07, 6.45) is 2.14. The fourth-order valence-corrected chi connectivity index (χ4v) is 1.41. The number of nitrogens with zero attached hydrogens (tertiary/aromatic N) is 2. The normalized spacial score (nSPS) is 29.5. The second-order valence-electron chi connectivity index (χ2n) is 3.13. The number of halogens is 1. The minimum atomic E-state index is 0. The van der Waals surface area contributed by atoms with E-state index in [0.29, 0.717) is 0 Å². The van der Waals surface area contributed by atoms with E-state index in [1.807, 2.05) is 0 Å². The molecule has 0 aromatic heterocycles. The van der Waals surface area contributed by atoms with Crippen LogP contribution in [0.25, 0.3) is 0 Å². The summed E-state index contributed by atoms with van der Waals surface area (Å²) >= 11 is 0. The van der Waals surface area contributed by atoms with Crippen LogP contribution in [0.3, 0.4) is 0 Å². The van der Waals surface area contributed by atoms with Crippen molar-refractivity contribution in [3.05, 3.63) is 0 Å². The second kappa shape index (κ2) is 4.25. The van der Waals surface area contributed by atoms with E-state index in [0.717, 1.165) is 29.9 Å². The van der Waals surface area contributed by atoms with Crippen molar-refractivity contribution in [3.63, 3.8) is 0 Å². The SMILES string of the molecule is CCC[N+]1(C)CCC(N)=N1.[I-]. The summed E-state index contributed by atoms with van der Waals surface area (Å²) in [6.45, 7) is 4.37. The number of hydrogen-bond donors (Lipinski definition) is 1. The summed E-state index contributed by atoms with van der Waals surface area (Å²) in [5.41, 5.74) is 5.57. The van der Waals surface area contributed by atoms with Crippen LogP contribution in [0.1, 0.15) is 19.8 Å². The fraction of sp³-hybridized carbons (Fsp3) is 0.857. The van der Waals surface area contributed by atoms with Crippen molar-refractivity contribution in [3.8, 4) is 0 Å². The summed E-state index contributed by atoms with van der Waals surface area (Å²) in [6, 6.07) is 0. The zero-order chi connectivity index (χ0) is 7.61. The molecule has 0 amide bonds. The Hall–Kier alpha value is 0.160. The summed E-state index contributed by atoms with van der Waals surface area (Å²) in [7, 11) is 2.13. The van der Waals surface area contributed by atoms with Crippen molar-refractivity contribution in [1.29, 1.82) is 0 Å². The summed E-state index contributed by atoms with van der Waals surface area (Å²) in [5.74, 6) is 0.816. The van der Waals surface area contributed by atoms with E-state index in [9.17, 15) is 0 Å². The van der Waals surface area contributed by atoms with Crippen LogP contribution in [0.5, 0.6) is 0 Å². The molecule has 1 rings (SSSR count). The van der Waals surface area contributed by atoms with E-state index < -0.39 is 0 Å². The molecule has 66 valence electrons. The molecular formula is C7H16IN3. The molecule has 1 heterocycles. The molecule has 3 nitrogen and oxygen atoms in total. The third-order valence-electron chi connectivity index (χ3n) is 1.92. The van der Waals surface area contributed by atoms with Gasteiger partial charge in [0, 0.05) is 0 Å². The molecule has 1 atom stereocenters. The van der Waals surface area contributed by atoms with Gasteiger partial charge in [0.1, 0.15) is 13.1 Å². The Balaban J connectivity index is 0.000001000. The van der Waals surface area contributed by atoms with Gasteiger partial charge >= 0.3 is 0 Å². The molecule has 0 fully saturated rings. The third kappa shape index (κ3) is 2.94. The van der Waals surface area contributed by atoms with Gasteiger partial charge in [-0.15, -0.1) is 0 Å². The van der Waals surface area contributed by atoms with Crippen LogP contribution in [-0.2, 0) is 0 Å². The van der Waals surface area contributed by atoms with E-state index in [2.05, 4.69) is 19.1 Å². The van der Waals surface area contributed by atoms with Gasteiger partial charge in [-0.2, -0.15) is 4.59 Å². The zero-order valence-corrected chi connectivity index (χ0v) is 9.34. The molecule has 1 aliphatic heterocycles. The van der Waals surface area contributed by atoms with E-state index >= 15 is 0 Å². The lowest BCUT2D eigenvalue weighted by molar-refractivity contribution is -0.910. The maximum Gasteiger partial charge on any atom is 0.161 e. The van der Waals surface area contributed by atoms with Gasteiger partial charge in [0.2, 0.25) is 0 Å². The van der Waals surface area contributed by atoms with Crippen LogP contribution in [0, 0.1) is 0 Å². The first-order valence-corrected chi connectivity index (χ1v) is 3.85. The molecular weight excluding hydrogens is 253 g/mol. The van der Waals surface area contributed by atoms with Gasteiger partial charge in [-0.05, 0) is 6.42 Å². The average Bonchev–Trinajstić information content (AvgIpc) is 2.12. The first kappa shape index (κ1) is 11.2. The van der Waals surface area contributed by atoms with Crippen molar-refractivity contribution in [2.45, 2.75) is 19.8 Å². The summed E-state index contributed by atoms with van der Waals surface area (Å²) < 4.78 is 0.794. The Kier molecular flexibility index (Phi) is 4.31. The topological polar surface area (TPSA) is 38.4 Å². The minimum absolute atomic E-state index is 0. The van der Waals surface area contributed by atoms with Gasteiger partial charge in [0.05, 0.1) is 13.5 Å². The zero-order valence-electron chi connectivity index (χ0n) is 7.18. The van der Waals surface area contributed by atoms with Crippen molar-refractivity contribution in [2.24, 2.45) is 10.8 Å². The number of quaternary nitrogens is 1. The van der Waals surface area contributed by atoms with Crippen molar-refractivity contribution >= 4 is 5.84 Å². The molecule has 0 spiro atoms. The molecule has 11 heavy (non-hydrogen) atoms. The molecule has 0 saturated carbocycles. The lowest BCUT2D eigenvalue weighted by Gasteiger charge is -2.21. The Bertz CT molecular complexity index is 158. The molecule has 4 heteroatoms. The molecule has 0 bridgehead atoms. The number of nitrogens with two attached hydrogens (primary N) is 1. The first-order valence-electron chi connectivity index (χ1n) is 3.85. The highest BCUT2D eigenvalue weighted by Gasteiger charge is 2.26. The van der Waals surface area contributed by atoms with Crippen LogP contribution < -0.4 is 29.7 Å². The lowest BCUT2D eigenvalue weighted by atomic mass is 10.3. The first-order chi connectivity index (χ1) is 4.66. The Morgan fingerprint density at radius 1 is 1.64 bits per heavy atom. The van der Waals surface area contributed by atoms with E-state index in [4.69, 9.17) is 5.73 Å². The van der Waals surface area contributed by atoms with Gasteiger partial charge in [-0.25, -0.2) is 0 Å². The Labute approximate surface area is 85.2 Å². The van der Waals surface area contributed by atoms with Crippen molar-refractivity contribution < 1.29 is 28.6 Å². The lowest BCUT2D eigenvalue weighted by Crippen LogP contribution is -3.00. The summed E-state index contributed by atoms with van der Waals surface area (Å²) in [5, 5.41) is 4.34. The standard InChI is InChI=1S/C7H16N3.HI/c1-3-5-10(2)6-4-7(8)9-10;/h3-6H2,1-2H3,(H2,8,9);1H/q+1;/p-1. The number of amidine groups is 1. The van der Waals surface area contributed by atoms with Crippen LogP contribution in [0.2, 0.25) is 0 Å². The van der Waals surface area contributed by atoms with Crippen molar-refractivity contribution in [2.75, 3.05) is 20.1 Å². The monoisotopic (exact) mass is 269 g/mol. The van der Waals surface area contributed by atoms with Gasteiger partial charge < -0.3 is 29.7 Å². The van der Waals surface area contributed by atoms with Gasteiger partial charge in [-0.1, -0.05) is 12.0 Å². The number of rotatable bonds is 2. The average molecular weight is 269 g/mol. The van der Waals surface area contributed by atoms with E-state index in [1.54, 1.807) is 0 Å². The predicted octanol–water partition coefficient (Wildman–Crippen LogP) is -2.48. The molecule has 2 N–H and O–H groups in total. The molecule has 0 aromatic carbocycles. The highest BCUT2D eigenvalue weighted by Crippen LogP contribution is 2.12. The largest absolute Gasteiger partial charge is 1.00 e. The van der Waals surface area contributed by atoms with Crippen molar-refractivity contribution in [1.82, 2.24) is 0 Å². The van der Waals surface area contributed by atoms with E-state index in [1.165, 1.54) is 6.42 Å². The summed E-state index contributed by atoms with van der Waals surface area (Å²) in [4.78, 5) is 0. The maximum absolute atomic E-state index is 5.57. The molecule has 0 aliphatic carbocycles. The quantitative estimate of drug-likeness (QED) is 0.438. The smallest absolute Gasteiger partial charge is 0.161 e. The number of hydrogen-bond acceptors (Lipinski definition) is 2. The van der Waals surface area contributed by atoms with Gasteiger partial charge in [0.25, 0.3) is 0 Å². The Morgan fingerprint density at radius 2 is 2.27 bits per heavy atom. The van der Waals surface area contributed by atoms with Crippen LogP contribution in [0.4, 0.5) is 0 Å². The molecule has 0 radical (unpaired) electrons. The predicted molar refractivity (Wildman–Crippen MR) is 42.4 cm³/mol. The Morgan fingerprint density at radius 3 is 2.64 bits per heavy atom. The van der Waals surface area contributed by atoms with Crippen LogP contribution in [-0.4, -0.2) is 30.6 Å². The van der Waals surface area contributed by atoms with Gasteiger partial charge in [-0.3, -0.25) is 0 Å². The van der Waals surface area contributed by atoms with Crippen LogP contribution >= 0.6 is 0 Å². The minimum Gasteiger partial charge on any atom is -1.00 e. The third-order valence-corrected chi connectivity index (χ3v) is 1.92. The highest BCUT2D eigenvalue weighted by molar-refractivity contribution is 5.80. The molecule has 0 aromatic rings. The second-order valence-corrected chi connectivity index (χ2v) is 3.13. The molecule has 0 saturated heterocycles. The molecule has 1 aliphatic rings. The highest BCUT2D eigenvalue weighted by atomic mass is 127. The molecule has 1 unspecified atom stereocenters. The fourth-order valence-electron chi connectivity index (χ4n) is 1.41.